The van der Waals surface area contributed by atoms with Gasteiger partial charge in [-0.1, -0.05) is 23.7 Å². The van der Waals surface area contributed by atoms with E-state index in [1.807, 2.05) is 0 Å². The number of nitrogens with one attached hydrogen (secondary N) is 2. The summed E-state index contributed by atoms with van der Waals surface area (Å²) in [6, 6.07) is 14.4. The monoisotopic (exact) mass is 678 g/mol. The van der Waals surface area contributed by atoms with Crippen molar-refractivity contribution in [3.8, 4) is 11.5 Å². The van der Waals surface area contributed by atoms with Gasteiger partial charge in [-0.05, 0) is 65.6 Å². The Bertz CT molecular complexity index is 1670. The van der Waals surface area contributed by atoms with E-state index in [0.717, 1.165) is 10.8 Å². The summed E-state index contributed by atoms with van der Waals surface area (Å²) in [5.41, 5.74) is 2.04. The Morgan fingerprint density at radius 3 is 2.71 bits per heavy atom. The number of anilines is 3. The number of benzene rings is 3. The average Bonchev–Trinajstić information content (AvgIpc) is 3.37. The summed E-state index contributed by atoms with van der Waals surface area (Å²) in [7, 11) is -1.51. The normalized spacial score (nSPS) is 17.1. The number of aliphatic hydroxyl groups is 2. The number of carbonyl (C=O) groups excluding carboxylic acids is 1. The van der Waals surface area contributed by atoms with E-state index in [-0.39, 0.29) is 42.4 Å². The Kier molecular flexibility index (Phi) is 10.9. The summed E-state index contributed by atoms with van der Waals surface area (Å²) in [6.07, 6.45) is 1.47. The van der Waals surface area contributed by atoms with E-state index < -0.39 is 22.3 Å². The third-order valence-corrected chi connectivity index (χ3v) is 11.2. The van der Waals surface area contributed by atoms with Crippen molar-refractivity contribution in [3.63, 3.8) is 0 Å². The standard InChI is InChI=1S/C30H32ClFN4O7S2/c31-24-11-20(4-6-27(24)42-15-18-2-1-3-19(32)10-18)35-30-23-12-26(36-29(39)7-5-22-8-9-45(40,41)44-22)28(43-16-21(38)14-37)13-25(23)33-17-34-30/h1-4,6,10-13,17,21-22,37-38,40-41H,5,7-9,14-16H2,(H,36,39)(H,33,34,35). The summed E-state index contributed by atoms with van der Waals surface area (Å²) < 4.78 is 44.7. The van der Waals surface area contributed by atoms with E-state index in [1.165, 1.54) is 18.5 Å². The zero-order chi connectivity index (χ0) is 32.0. The van der Waals surface area contributed by atoms with Crippen LogP contribution in [0.2, 0.25) is 5.02 Å². The van der Waals surface area contributed by atoms with Gasteiger partial charge in [0.1, 0.15) is 48.8 Å². The molecule has 2 atom stereocenters. The molecule has 0 spiro atoms. The fourth-order valence-electron chi connectivity index (χ4n) is 4.56. The molecule has 1 fully saturated rings. The third-order valence-electron chi connectivity index (χ3n) is 6.82. The van der Waals surface area contributed by atoms with Crippen LogP contribution in [-0.2, 0) is 11.4 Å². The van der Waals surface area contributed by atoms with Crippen molar-refractivity contribution in [3.05, 3.63) is 77.3 Å². The number of hydrogen-bond donors (Lipinski definition) is 6. The number of halogens is 2. The smallest absolute Gasteiger partial charge is 0.224 e. The maximum Gasteiger partial charge on any atom is 0.224 e. The number of aromatic nitrogens is 2. The third kappa shape index (κ3) is 9.10. The van der Waals surface area contributed by atoms with E-state index in [1.54, 1.807) is 42.5 Å². The van der Waals surface area contributed by atoms with E-state index in [2.05, 4.69) is 20.6 Å². The predicted molar refractivity (Wildman–Crippen MR) is 175 cm³/mol. The number of fused-ring (bicyclic) bond motifs is 1. The first-order valence-electron chi connectivity index (χ1n) is 14.0. The van der Waals surface area contributed by atoms with Gasteiger partial charge in [-0.3, -0.25) is 13.9 Å². The summed E-state index contributed by atoms with van der Waals surface area (Å²) in [5.74, 6) is 0.726. The van der Waals surface area contributed by atoms with Crippen molar-refractivity contribution in [2.24, 2.45) is 0 Å². The maximum atomic E-state index is 13.5. The van der Waals surface area contributed by atoms with Crippen LogP contribution in [0.4, 0.5) is 21.6 Å². The lowest BCUT2D eigenvalue weighted by Gasteiger charge is -2.24. The van der Waals surface area contributed by atoms with Crippen LogP contribution < -0.4 is 20.1 Å². The number of carbonyl (C=O) groups is 1. The van der Waals surface area contributed by atoms with E-state index in [4.69, 9.17) is 21.1 Å². The first kappa shape index (κ1) is 33.0. The quantitative estimate of drug-likeness (QED) is 0.0870. The maximum absolute atomic E-state index is 13.5. The molecular weight excluding hydrogens is 647 g/mol. The largest absolute Gasteiger partial charge is 0.489 e. The molecule has 0 saturated carbocycles. The fourth-order valence-corrected chi connectivity index (χ4v) is 8.95. The number of hydrogen-bond acceptors (Lipinski definition) is 11. The first-order chi connectivity index (χ1) is 21.6. The minimum absolute atomic E-state index is 0.0260. The molecule has 1 amide bonds. The molecule has 2 unspecified atom stereocenters. The van der Waals surface area contributed by atoms with Crippen LogP contribution in [0.3, 0.4) is 0 Å². The molecule has 6 N–H and O–H groups in total. The Morgan fingerprint density at radius 1 is 1.13 bits per heavy atom. The molecule has 1 saturated heterocycles. The van der Waals surface area contributed by atoms with Crippen LogP contribution in [-0.4, -0.2) is 65.5 Å². The number of aliphatic hydroxyl groups excluding tert-OH is 2. The Labute approximate surface area is 268 Å². The van der Waals surface area contributed by atoms with Gasteiger partial charge < -0.3 is 30.3 Å². The molecule has 1 aromatic heterocycles. The zero-order valence-corrected chi connectivity index (χ0v) is 26.2. The van der Waals surface area contributed by atoms with Crippen LogP contribution in [0, 0.1) is 5.82 Å². The highest BCUT2D eigenvalue weighted by Crippen LogP contribution is 2.62. The van der Waals surface area contributed by atoms with Gasteiger partial charge >= 0.3 is 0 Å². The lowest BCUT2D eigenvalue weighted by molar-refractivity contribution is -0.116. The molecule has 0 aliphatic carbocycles. The highest BCUT2D eigenvalue weighted by atomic mass is 35.5. The van der Waals surface area contributed by atoms with Crippen LogP contribution in [0.25, 0.3) is 10.9 Å². The molecule has 3 aromatic carbocycles. The molecule has 4 aromatic rings. The number of amides is 1. The predicted octanol–water partition coefficient (Wildman–Crippen LogP) is 6.37. The number of rotatable bonds is 13. The average molecular weight is 679 g/mol. The van der Waals surface area contributed by atoms with Gasteiger partial charge in [-0.25, -0.2) is 14.4 Å². The second kappa shape index (κ2) is 14.8. The highest BCUT2D eigenvalue weighted by molar-refractivity contribution is 8.90. The van der Waals surface area contributed by atoms with Gasteiger partial charge in [0.05, 0.1) is 22.8 Å². The van der Waals surface area contributed by atoms with Gasteiger partial charge in [0.2, 0.25) is 5.91 Å². The molecule has 11 nitrogen and oxygen atoms in total. The summed E-state index contributed by atoms with van der Waals surface area (Å²) in [5, 5.41) is 26.0. The summed E-state index contributed by atoms with van der Waals surface area (Å²) >= 11 is 6.48. The summed E-state index contributed by atoms with van der Waals surface area (Å²) in [6.45, 7) is -0.579. The first-order valence-corrected chi connectivity index (χ1v) is 17.5. The van der Waals surface area contributed by atoms with Crippen molar-refractivity contribution in [2.45, 2.75) is 37.2 Å². The van der Waals surface area contributed by atoms with Gasteiger partial charge in [-0.15, -0.1) is 9.62 Å². The van der Waals surface area contributed by atoms with Gasteiger partial charge in [0, 0.05) is 34.6 Å². The molecule has 1 aliphatic rings. The second-order valence-corrected chi connectivity index (χ2v) is 15.4. The van der Waals surface area contributed by atoms with Crippen molar-refractivity contribution in [2.75, 3.05) is 29.6 Å². The van der Waals surface area contributed by atoms with E-state index in [0.29, 0.717) is 63.0 Å². The Morgan fingerprint density at radius 2 is 1.98 bits per heavy atom. The van der Waals surface area contributed by atoms with Crippen molar-refractivity contribution < 1.29 is 38.0 Å². The topological polar surface area (TPSA) is 166 Å². The van der Waals surface area contributed by atoms with Crippen LogP contribution in [0.15, 0.2) is 60.9 Å². The van der Waals surface area contributed by atoms with Crippen LogP contribution in [0.5, 0.6) is 11.5 Å². The Hall–Kier alpha value is -3.37. The number of ether oxygens (including phenoxy) is 2. The lowest BCUT2D eigenvalue weighted by Crippen LogP contribution is -2.22. The van der Waals surface area contributed by atoms with Crippen LogP contribution >= 0.6 is 32.0 Å². The fraction of sp³-hybridized carbons (Fsp3) is 0.300. The molecule has 45 heavy (non-hydrogen) atoms. The molecule has 0 radical (unpaired) electrons. The van der Waals surface area contributed by atoms with Gasteiger partial charge in [-0.2, -0.15) is 0 Å². The van der Waals surface area contributed by atoms with Gasteiger partial charge in [0.25, 0.3) is 0 Å². The zero-order valence-electron chi connectivity index (χ0n) is 23.9. The number of nitrogens with zero attached hydrogens (tertiary/aromatic N) is 2. The molecule has 1 aliphatic heterocycles. The molecule has 0 bridgehead atoms. The SMILES string of the molecule is O=C(CCC1CCS(O)(O)S1)Nc1cc2c(Nc3ccc(OCc4cccc(F)c4)c(Cl)c3)ncnc2cc1OCC(O)CO. The van der Waals surface area contributed by atoms with Gasteiger partial charge in [0.15, 0.2) is 0 Å². The minimum atomic E-state index is -2.63. The van der Waals surface area contributed by atoms with E-state index >= 15 is 0 Å². The molecule has 15 heteroatoms. The van der Waals surface area contributed by atoms with Crippen LogP contribution in [0.1, 0.15) is 24.8 Å². The van der Waals surface area contributed by atoms with Crippen molar-refractivity contribution in [1.82, 2.24) is 9.97 Å². The minimum Gasteiger partial charge on any atom is -0.489 e. The molecule has 5 rings (SSSR count). The Balaban J connectivity index is 1.34. The lowest BCUT2D eigenvalue weighted by atomic mass is 10.1. The molecule has 240 valence electrons. The summed E-state index contributed by atoms with van der Waals surface area (Å²) in [4.78, 5) is 21.6. The highest BCUT2D eigenvalue weighted by Gasteiger charge is 2.29. The second-order valence-electron chi connectivity index (χ2n) is 10.3. The molecule has 2 heterocycles. The van der Waals surface area contributed by atoms with Crippen molar-refractivity contribution >= 4 is 66.0 Å². The van der Waals surface area contributed by atoms with E-state index in [9.17, 15) is 28.5 Å². The molecular formula is C30H32ClFN4O7S2. The van der Waals surface area contributed by atoms with Crippen molar-refractivity contribution in [1.29, 1.82) is 0 Å².